The van der Waals surface area contributed by atoms with E-state index in [4.69, 9.17) is 4.74 Å². The van der Waals surface area contributed by atoms with E-state index in [1.54, 1.807) is 0 Å². The predicted octanol–water partition coefficient (Wildman–Crippen LogP) is 4.66. The Hall–Kier alpha value is -3.00. The number of ether oxygens (including phenoxy) is 1. The number of nitrogens with zero attached hydrogens (tertiary/aromatic N) is 3. The molecule has 0 radical (unpaired) electrons. The first-order chi connectivity index (χ1) is 15.7. The lowest BCUT2D eigenvalue weighted by molar-refractivity contribution is 0.0365. The zero-order chi connectivity index (χ0) is 21.9. The van der Waals surface area contributed by atoms with Gasteiger partial charge in [0, 0.05) is 54.5 Å². The number of hydrogen-bond acceptors (Lipinski definition) is 5. The minimum Gasteiger partial charge on any atom is -0.379 e. The summed E-state index contributed by atoms with van der Waals surface area (Å²) in [4.78, 5) is 20.6. The van der Waals surface area contributed by atoms with Gasteiger partial charge in [0.15, 0.2) is 0 Å². The second-order valence-electron chi connectivity index (χ2n) is 7.99. The maximum Gasteiger partial charge on any atom is 0.267 e. The number of benzene rings is 2. The van der Waals surface area contributed by atoms with Crippen LogP contribution >= 0.6 is 11.3 Å². The predicted molar refractivity (Wildman–Crippen MR) is 129 cm³/mol. The molecular formula is C25H26N4O2S. The lowest BCUT2D eigenvalue weighted by Gasteiger charge is -2.26. The summed E-state index contributed by atoms with van der Waals surface area (Å²) in [5.41, 5.74) is 3.75. The summed E-state index contributed by atoms with van der Waals surface area (Å²) in [7, 11) is 0. The van der Waals surface area contributed by atoms with Gasteiger partial charge in [0.05, 0.1) is 18.9 Å². The van der Waals surface area contributed by atoms with E-state index in [1.807, 2.05) is 49.4 Å². The third-order valence-corrected chi connectivity index (χ3v) is 7.02. The number of anilines is 1. The molecule has 0 bridgehead atoms. The molecule has 0 unspecified atom stereocenters. The van der Waals surface area contributed by atoms with E-state index in [2.05, 4.69) is 38.1 Å². The quantitative estimate of drug-likeness (QED) is 0.468. The molecule has 164 valence electrons. The van der Waals surface area contributed by atoms with Crippen molar-refractivity contribution in [2.24, 2.45) is 0 Å². The normalized spacial score (nSPS) is 14.7. The maximum atomic E-state index is 12.9. The van der Waals surface area contributed by atoms with E-state index in [-0.39, 0.29) is 5.91 Å². The molecule has 32 heavy (non-hydrogen) atoms. The fourth-order valence-electron chi connectivity index (χ4n) is 4.05. The Morgan fingerprint density at radius 1 is 1.09 bits per heavy atom. The number of aromatic nitrogens is 2. The van der Waals surface area contributed by atoms with Crippen molar-refractivity contribution in [3.63, 3.8) is 0 Å². The van der Waals surface area contributed by atoms with Gasteiger partial charge in [-0.25, -0.2) is 4.98 Å². The van der Waals surface area contributed by atoms with Crippen LogP contribution in [0.1, 0.15) is 15.4 Å². The molecule has 3 heterocycles. The topological polar surface area (TPSA) is 59.4 Å². The zero-order valence-corrected chi connectivity index (χ0v) is 18.9. The Labute approximate surface area is 191 Å². The van der Waals surface area contributed by atoms with Crippen LogP contribution in [-0.2, 0) is 11.3 Å². The zero-order valence-electron chi connectivity index (χ0n) is 18.1. The van der Waals surface area contributed by atoms with Gasteiger partial charge in [-0.15, -0.1) is 11.3 Å². The minimum absolute atomic E-state index is 0.117. The lowest BCUT2D eigenvalue weighted by Crippen LogP contribution is -2.38. The first kappa shape index (κ1) is 20.9. The van der Waals surface area contributed by atoms with Crippen molar-refractivity contribution in [1.82, 2.24) is 14.5 Å². The molecule has 1 saturated heterocycles. The van der Waals surface area contributed by atoms with Gasteiger partial charge in [0.25, 0.3) is 5.91 Å². The summed E-state index contributed by atoms with van der Waals surface area (Å²) in [6.07, 6.45) is 2.12. The number of carbonyl (C=O) groups is 1. The van der Waals surface area contributed by atoms with Gasteiger partial charge in [0.2, 0.25) is 0 Å². The number of fused-ring (bicyclic) bond motifs is 1. The highest BCUT2D eigenvalue weighted by Crippen LogP contribution is 2.29. The average Bonchev–Trinajstić information content (AvgIpc) is 3.42. The molecule has 5 rings (SSSR count). The Bertz CT molecular complexity index is 1230. The minimum atomic E-state index is -0.117. The van der Waals surface area contributed by atoms with Gasteiger partial charge < -0.3 is 14.6 Å². The van der Waals surface area contributed by atoms with Crippen molar-refractivity contribution < 1.29 is 9.53 Å². The van der Waals surface area contributed by atoms with E-state index in [0.717, 1.165) is 66.7 Å². The number of morpholine rings is 1. The van der Waals surface area contributed by atoms with Gasteiger partial charge in [-0.1, -0.05) is 30.3 Å². The van der Waals surface area contributed by atoms with Crippen molar-refractivity contribution in [2.45, 2.75) is 13.5 Å². The van der Waals surface area contributed by atoms with E-state index in [9.17, 15) is 4.79 Å². The third-order valence-electron chi connectivity index (χ3n) is 5.81. The van der Waals surface area contributed by atoms with Crippen LogP contribution in [0.15, 0.2) is 60.8 Å². The first-order valence-corrected chi connectivity index (χ1v) is 11.7. The SMILES string of the molecule is Cc1nc(-c2ccccc2)sc1C(=O)Nc1ccc2c(ccn2CCN2CCOCC2)c1. The van der Waals surface area contributed by atoms with Crippen LogP contribution in [0.5, 0.6) is 0 Å². The van der Waals surface area contributed by atoms with Gasteiger partial charge >= 0.3 is 0 Å². The van der Waals surface area contributed by atoms with Gasteiger partial charge in [-0.2, -0.15) is 0 Å². The molecule has 2 aromatic heterocycles. The highest BCUT2D eigenvalue weighted by atomic mass is 32.1. The van der Waals surface area contributed by atoms with Crippen molar-refractivity contribution in [1.29, 1.82) is 0 Å². The van der Waals surface area contributed by atoms with Crippen LogP contribution in [-0.4, -0.2) is 53.2 Å². The van der Waals surface area contributed by atoms with Crippen molar-refractivity contribution >= 4 is 33.8 Å². The van der Waals surface area contributed by atoms with E-state index < -0.39 is 0 Å². The van der Waals surface area contributed by atoms with Crippen molar-refractivity contribution in [2.75, 3.05) is 38.2 Å². The number of thiazole rings is 1. The van der Waals surface area contributed by atoms with Gasteiger partial charge in [0.1, 0.15) is 9.88 Å². The summed E-state index contributed by atoms with van der Waals surface area (Å²) < 4.78 is 7.70. The summed E-state index contributed by atoms with van der Waals surface area (Å²) >= 11 is 1.43. The molecule has 6 nitrogen and oxygen atoms in total. The lowest BCUT2D eigenvalue weighted by atomic mass is 10.2. The molecule has 0 atom stereocenters. The molecule has 1 fully saturated rings. The number of hydrogen-bond donors (Lipinski definition) is 1. The van der Waals surface area contributed by atoms with Gasteiger partial charge in [-0.05, 0) is 31.2 Å². The first-order valence-electron chi connectivity index (χ1n) is 10.9. The maximum absolute atomic E-state index is 12.9. The molecule has 1 N–H and O–H groups in total. The molecule has 1 aliphatic rings. The Kier molecular flexibility index (Phi) is 6.03. The van der Waals surface area contributed by atoms with E-state index >= 15 is 0 Å². The number of rotatable bonds is 6. The van der Waals surface area contributed by atoms with Crippen molar-refractivity contribution in [3.05, 3.63) is 71.4 Å². The van der Waals surface area contributed by atoms with Crippen LogP contribution in [0, 0.1) is 6.92 Å². The van der Waals surface area contributed by atoms with Crippen LogP contribution < -0.4 is 5.32 Å². The highest BCUT2D eigenvalue weighted by Gasteiger charge is 2.17. The molecule has 2 aromatic carbocycles. The molecule has 4 aromatic rings. The summed E-state index contributed by atoms with van der Waals surface area (Å²) in [6, 6.07) is 18.2. The number of nitrogens with one attached hydrogen (secondary N) is 1. The van der Waals surface area contributed by atoms with Crippen LogP contribution in [0.2, 0.25) is 0 Å². The number of carbonyl (C=O) groups excluding carboxylic acids is 1. The van der Waals surface area contributed by atoms with Crippen LogP contribution in [0.25, 0.3) is 21.5 Å². The molecule has 0 saturated carbocycles. The second kappa shape index (κ2) is 9.24. The third kappa shape index (κ3) is 4.46. The standard InChI is InChI=1S/C25H26N4O2S/c1-18-23(32-25(26-18)19-5-3-2-4-6-19)24(30)27-21-7-8-22-20(17-21)9-10-29(22)12-11-28-13-15-31-16-14-28/h2-10,17H,11-16H2,1H3,(H,27,30). The molecule has 0 aliphatic carbocycles. The molecular weight excluding hydrogens is 420 g/mol. The summed E-state index contributed by atoms with van der Waals surface area (Å²) in [6.45, 7) is 7.48. The Morgan fingerprint density at radius 3 is 2.72 bits per heavy atom. The fourth-order valence-corrected chi connectivity index (χ4v) is 5.01. The van der Waals surface area contributed by atoms with E-state index in [0.29, 0.717) is 4.88 Å². The average molecular weight is 447 g/mol. The Morgan fingerprint density at radius 2 is 1.91 bits per heavy atom. The van der Waals surface area contributed by atoms with Crippen LogP contribution in [0.4, 0.5) is 5.69 Å². The fraction of sp³-hybridized carbons (Fsp3) is 0.280. The largest absolute Gasteiger partial charge is 0.379 e. The molecule has 1 amide bonds. The molecule has 7 heteroatoms. The van der Waals surface area contributed by atoms with E-state index in [1.165, 1.54) is 16.9 Å². The smallest absolute Gasteiger partial charge is 0.267 e. The number of aryl methyl sites for hydroxylation is 1. The van der Waals surface area contributed by atoms with Gasteiger partial charge in [-0.3, -0.25) is 9.69 Å². The Balaban J connectivity index is 1.28. The van der Waals surface area contributed by atoms with Crippen LogP contribution in [0.3, 0.4) is 0 Å². The highest BCUT2D eigenvalue weighted by molar-refractivity contribution is 7.17. The second-order valence-corrected chi connectivity index (χ2v) is 8.99. The van der Waals surface area contributed by atoms with Crippen molar-refractivity contribution in [3.8, 4) is 10.6 Å². The molecule has 1 aliphatic heterocycles. The number of amides is 1. The summed E-state index contributed by atoms with van der Waals surface area (Å²) in [5.74, 6) is -0.117. The monoisotopic (exact) mass is 446 g/mol. The molecule has 0 spiro atoms. The summed E-state index contributed by atoms with van der Waals surface area (Å²) in [5, 5.41) is 5.03.